The average molecular weight is 450 g/mol. The molecule has 1 N–H and O–H groups in total. The molecule has 4 aromatic rings. The smallest absolute Gasteiger partial charge is 0.335 e. The van der Waals surface area contributed by atoms with Crippen molar-refractivity contribution in [3.63, 3.8) is 0 Å². The molecule has 0 bridgehead atoms. The summed E-state index contributed by atoms with van der Waals surface area (Å²) in [6, 6.07) is 28.4. The molecule has 5 heteroatoms. The van der Waals surface area contributed by atoms with Gasteiger partial charge in [0.05, 0.1) is 23.8 Å². The number of carboxylic acid groups (broad SMARTS) is 1. The van der Waals surface area contributed by atoms with Gasteiger partial charge in [-0.25, -0.2) is 4.79 Å². The van der Waals surface area contributed by atoms with E-state index in [-0.39, 0.29) is 12.2 Å². The van der Waals surface area contributed by atoms with Gasteiger partial charge in [0.15, 0.2) is 11.5 Å². The number of hydrogen-bond acceptors (Lipinski definition) is 4. The van der Waals surface area contributed by atoms with Gasteiger partial charge in [-0.1, -0.05) is 54.6 Å². The highest BCUT2D eigenvalue weighted by Crippen LogP contribution is 2.31. The van der Waals surface area contributed by atoms with E-state index in [0.717, 1.165) is 27.5 Å². The predicted octanol–water partition coefficient (Wildman–Crippen LogP) is 6.58. The van der Waals surface area contributed by atoms with E-state index >= 15 is 0 Å². The van der Waals surface area contributed by atoms with Crippen molar-refractivity contribution in [1.82, 2.24) is 0 Å². The van der Waals surface area contributed by atoms with E-state index in [2.05, 4.69) is 6.07 Å². The Morgan fingerprint density at radius 3 is 2.32 bits per heavy atom. The minimum absolute atomic E-state index is 0.231. The Morgan fingerprint density at radius 1 is 0.882 bits per heavy atom. The molecule has 0 spiro atoms. The Morgan fingerprint density at radius 2 is 1.62 bits per heavy atom. The summed E-state index contributed by atoms with van der Waals surface area (Å²) in [5.74, 6) is 0.190. The third-order valence-electron chi connectivity index (χ3n) is 5.35. The molecule has 0 saturated heterocycles. The first-order valence-electron chi connectivity index (χ1n) is 10.9. The summed E-state index contributed by atoms with van der Waals surface area (Å²) in [7, 11) is 0. The quantitative estimate of drug-likeness (QED) is 0.243. The second kappa shape index (κ2) is 10.4. The lowest BCUT2D eigenvalue weighted by atomic mass is 10.00. The van der Waals surface area contributed by atoms with Crippen LogP contribution < -0.4 is 9.47 Å². The Hall–Kier alpha value is -4.56. The summed E-state index contributed by atoms with van der Waals surface area (Å²) in [6.45, 7) is 2.63. The van der Waals surface area contributed by atoms with E-state index in [4.69, 9.17) is 14.6 Å². The molecule has 0 amide bonds. The molecular formula is C29H23NO4. The number of nitrogens with zero attached hydrogens (tertiary/aromatic N) is 1. The van der Waals surface area contributed by atoms with Gasteiger partial charge in [0, 0.05) is 0 Å². The number of fused-ring (bicyclic) bond motifs is 1. The van der Waals surface area contributed by atoms with Crippen molar-refractivity contribution in [2.45, 2.75) is 13.5 Å². The highest BCUT2D eigenvalue weighted by atomic mass is 16.5. The SMILES string of the molecule is CCOc1cc(/C=C(/C#N)c2ccc3ccccc3c2)ccc1OCc1ccc(C(=O)O)cc1. The molecule has 0 aliphatic rings. The van der Waals surface area contributed by atoms with Crippen LogP contribution in [-0.4, -0.2) is 17.7 Å². The summed E-state index contributed by atoms with van der Waals surface area (Å²) in [5.41, 5.74) is 3.31. The molecule has 0 atom stereocenters. The number of nitriles is 1. The van der Waals surface area contributed by atoms with Crippen LogP contribution in [0.3, 0.4) is 0 Å². The largest absolute Gasteiger partial charge is 0.490 e. The first kappa shape index (κ1) is 22.6. The minimum Gasteiger partial charge on any atom is -0.490 e. The van der Waals surface area contributed by atoms with Gasteiger partial charge in [0.2, 0.25) is 0 Å². The molecule has 0 unspecified atom stereocenters. The monoisotopic (exact) mass is 449 g/mol. The van der Waals surface area contributed by atoms with Crippen molar-refractivity contribution in [3.05, 3.63) is 107 Å². The maximum Gasteiger partial charge on any atom is 0.335 e. The van der Waals surface area contributed by atoms with Crippen LogP contribution in [-0.2, 0) is 6.61 Å². The minimum atomic E-state index is -0.963. The summed E-state index contributed by atoms with van der Waals surface area (Å²) < 4.78 is 11.7. The molecule has 0 heterocycles. The molecule has 5 nitrogen and oxygen atoms in total. The number of benzene rings is 4. The highest BCUT2D eigenvalue weighted by Gasteiger charge is 2.09. The first-order chi connectivity index (χ1) is 16.6. The van der Waals surface area contributed by atoms with Crippen LogP contribution >= 0.6 is 0 Å². The lowest BCUT2D eigenvalue weighted by molar-refractivity contribution is 0.0697. The van der Waals surface area contributed by atoms with Gasteiger partial charge in [-0.05, 0) is 70.8 Å². The number of carbonyl (C=O) groups is 1. The number of carboxylic acids is 1. The molecule has 34 heavy (non-hydrogen) atoms. The van der Waals surface area contributed by atoms with Crippen LogP contribution in [0.5, 0.6) is 11.5 Å². The van der Waals surface area contributed by atoms with E-state index in [1.165, 1.54) is 0 Å². The van der Waals surface area contributed by atoms with Gasteiger partial charge in [0.1, 0.15) is 6.61 Å². The third-order valence-corrected chi connectivity index (χ3v) is 5.35. The van der Waals surface area contributed by atoms with Gasteiger partial charge >= 0.3 is 5.97 Å². The second-order valence-corrected chi connectivity index (χ2v) is 7.66. The molecule has 4 rings (SSSR count). The molecule has 0 aromatic heterocycles. The zero-order valence-corrected chi connectivity index (χ0v) is 18.7. The maximum absolute atomic E-state index is 11.0. The van der Waals surface area contributed by atoms with Crippen molar-refractivity contribution in [2.75, 3.05) is 6.61 Å². The molecular weight excluding hydrogens is 426 g/mol. The van der Waals surface area contributed by atoms with E-state index in [9.17, 15) is 10.1 Å². The van der Waals surface area contributed by atoms with E-state index in [1.54, 1.807) is 24.3 Å². The van der Waals surface area contributed by atoms with Crippen LogP contribution in [0.25, 0.3) is 22.4 Å². The molecule has 0 radical (unpaired) electrons. The fourth-order valence-corrected chi connectivity index (χ4v) is 3.61. The number of hydrogen-bond donors (Lipinski definition) is 1. The van der Waals surface area contributed by atoms with Crippen LogP contribution in [0.1, 0.15) is 34.0 Å². The van der Waals surface area contributed by atoms with Crippen LogP contribution in [0.2, 0.25) is 0 Å². The summed E-state index contributed by atoms with van der Waals surface area (Å²) in [4.78, 5) is 11.0. The Balaban J connectivity index is 1.57. The Labute approximate surface area is 198 Å². The Kier molecular flexibility index (Phi) is 6.90. The fraction of sp³-hybridized carbons (Fsp3) is 0.103. The standard InChI is InChI=1S/C29H23NO4/c1-2-33-28-16-21(9-14-27(28)34-19-20-7-10-23(11-8-20)29(31)32)15-26(18-30)25-13-12-22-5-3-4-6-24(22)17-25/h3-17H,2,19H2,1H3,(H,31,32)/b26-15-. The fourth-order valence-electron chi connectivity index (χ4n) is 3.61. The van der Waals surface area contributed by atoms with E-state index in [0.29, 0.717) is 23.7 Å². The maximum atomic E-state index is 11.0. The lowest BCUT2D eigenvalue weighted by Gasteiger charge is -2.13. The predicted molar refractivity (Wildman–Crippen MR) is 133 cm³/mol. The van der Waals surface area contributed by atoms with Crippen LogP contribution in [0.4, 0.5) is 0 Å². The zero-order chi connectivity index (χ0) is 23.9. The van der Waals surface area contributed by atoms with Gasteiger partial charge in [-0.2, -0.15) is 5.26 Å². The van der Waals surface area contributed by atoms with Gasteiger partial charge in [0.25, 0.3) is 0 Å². The summed E-state index contributed by atoms with van der Waals surface area (Å²) in [5, 5.41) is 21.0. The van der Waals surface area contributed by atoms with Crippen molar-refractivity contribution in [1.29, 1.82) is 5.26 Å². The molecule has 168 valence electrons. The van der Waals surface area contributed by atoms with Crippen molar-refractivity contribution < 1.29 is 19.4 Å². The van der Waals surface area contributed by atoms with Gasteiger partial charge < -0.3 is 14.6 Å². The van der Waals surface area contributed by atoms with Crippen molar-refractivity contribution >= 4 is 28.4 Å². The van der Waals surface area contributed by atoms with Crippen LogP contribution in [0, 0.1) is 11.3 Å². The Bertz CT molecular complexity index is 1400. The van der Waals surface area contributed by atoms with Gasteiger partial charge in [-0.15, -0.1) is 0 Å². The molecule has 0 aliphatic carbocycles. The average Bonchev–Trinajstić information content (AvgIpc) is 2.87. The normalized spacial score (nSPS) is 11.1. The summed E-state index contributed by atoms with van der Waals surface area (Å²) in [6.07, 6.45) is 1.83. The lowest BCUT2D eigenvalue weighted by Crippen LogP contribution is -2.01. The number of rotatable bonds is 8. The highest BCUT2D eigenvalue weighted by molar-refractivity contribution is 5.94. The molecule has 0 saturated carbocycles. The van der Waals surface area contributed by atoms with E-state index < -0.39 is 5.97 Å². The topological polar surface area (TPSA) is 79.5 Å². The van der Waals surface area contributed by atoms with E-state index in [1.807, 2.05) is 73.7 Å². The van der Waals surface area contributed by atoms with Crippen molar-refractivity contribution in [2.24, 2.45) is 0 Å². The molecule has 0 aliphatic heterocycles. The first-order valence-corrected chi connectivity index (χ1v) is 10.9. The zero-order valence-electron chi connectivity index (χ0n) is 18.7. The van der Waals surface area contributed by atoms with Crippen molar-refractivity contribution in [3.8, 4) is 17.6 Å². The van der Waals surface area contributed by atoms with Crippen LogP contribution in [0.15, 0.2) is 84.9 Å². The molecule has 4 aromatic carbocycles. The summed E-state index contributed by atoms with van der Waals surface area (Å²) >= 11 is 0. The number of ether oxygens (including phenoxy) is 2. The number of aromatic carboxylic acids is 1. The third kappa shape index (κ3) is 5.25. The second-order valence-electron chi connectivity index (χ2n) is 7.66. The van der Waals surface area contributed by atoms with Gasteiger partial charge in [-0.3, -0.25) is 0 Å². The molecule has 0 fully saturated rings. The number of allylic oxidation sites excluding steroid dienone is 1.